The molecule has 0 spiro atoms. The lowest BCUT2D eigenvalue weighted by Gasteiger charge is -2.21. The number of hydrogen-bond acceptors (Lipinski definition) is 2. The van der Waals surface area contributed by atoms with Crippen molar-refractivity contribution in [3.8, 4) is 0 Å². The molecular weight excluding hydrogens is 246 g/mol. The fourth-order valence-electron chi connectivity index (χ4n) is 3.90. The van der Waals surface area contributed by atoms with E-state index in [1.165, 1.54) is 62.3 Å². The van der Waals surface area contributed by atoms with Crippen molar-refractivity contribution in [1.29, 1.82) is 0 Å². The molecule has 1 aliphatic carbocycles. The fourth-order valence-corrected chi connectivity index (χ4v) is 3.90. The molecule has 1 aromatic heterocycles. The molecule has 20 heavy (non-hydrogen) atoms. The molecule has 0 unspecified atom stereocenters. The summed E-state index contributed by atoms with van der Waals surface area (Å²) in [5.41, 5.74) is 2.88. The van der Waals surface area contributed by atoms with Gasteiger partial charge in [0.25, 0.3) is 0 Å². The van der Waals surface area contributed by atoms with E-state index in [1.807, 2.05) is 0 Å². The Kier molecular flexibility index (Phi) is 4.45. The van der Waals surface area contributed by atoms with Crippen molar-refractivity contribution in [3.63, 3.8) is 0 Å². The van der Waals surface area contributed by atoms with Crippen molar-refractivity contribution in [1.82, 2.24) is 14.9 Å². The Bertz CT molecular complexity index is 439. The Morgan fingerprint density at radius 1 is 1.25 bits per heavy atom. The van der Waals surface area contributed by atoms with Crippen molar-refractivity contribution < 1.29 is 0 Å². The first-order valence-electron chi connectivity index (χ1n) is 8.62. The van der Waals surface area contributed by atoms with Crippen molar-refractivity contribution in [2.24, 2.45) is 5.92 Å². The lowest BCUT2D eigenvalue weighted by Crippen LogP contribution is -2.26. The molecule has 1 aromatic rings. The van der Waals surface area contributed by atoms with Gasteiger partial charge >= 0.3 is 0 Å². The molecule has 1 N–H and O–H groups in total. The highest BCUT2D eigenvalue weighted by molar-refractivity contribution is 5.22. The van der Waals surface area contributed by atoms with Crippen molar-refractivity contribution in [3.05, 3.63) is 17.2 Å². The van der Waals surface area contributed by atoms with Gasteiger partial charge in [0.1, 0.15) is 5.82 Å². The van der Waals surface area contributed by atoms with Gasteiger partial charge in [-0.15, -0.1) is 0 Å². The minimum Gasteiger partial charge on any atom is -0.331 e. The molecule has 0 amide bonds. The maximum absolute atomic E-state index is 5.05. The van der Waals surface area contributed by atoms with Crippen LogP contribution in [0.3, 0.4) is 0 Å². The van der Waals surface area contributed by atoms with Gasteiger partial charge in [-0.05, 0) is 18.8 Å². The lowest BCUT2D eigenvalue weighted by molar-refractivity contribution is 0.395. The van der Waals surface area contributed by atoms with Gasteiger partial charge in [-0.1, -0.05) is 39.5 Å². The van der Waals surface area contributed by atoms with Crippen molar-refractivity contribution >= 4 is 0 Å². The smallest absolute Gasteiger partial charge is 0.112 e. The van der Waals surface area contributed by atoms with Gasteiger partial charge in [0.15, 0.2) is 0 Å². The summed E-state index contributed by atoms with van der Waals surface area (Å²) in [5.74, 6) is 2.96. The molecule has 0 atom stereocenters. The van der Waals surface area contributed by atoms with Crippen LogP contribution in [0.25, 0.3) is 0 Å². The van der Waals surface area contributed by atoms with Crippen LogP contribution in [0.5, 0.6) is 0 Å². The maximum atomic E-state index is 5.05. The third-order valence-electron chi connectivity index (χ3n) is 5.33. The summed E-state index contributed by atoms with van der Waals surface area (Å²) in [5, 5.41) is 3.48. The van der Waals surface area contributed by atoms with E-state index in [1.54, 1.807) is 0 Å². The molecule has 1 saturated carbocycles. The average Bonchev–Trinajstić information content (AvgIpc) is 3.12. The molecular formula is C17H29N3. The molecule has 2 heterocycles. The van der Waals surface area contributed by atoms with E-state index in [9.17, 15) is 0 Å². The summed E-state index contributed by atoms with van der Waals surface area (Å²) in [6, 6.07) is 0. The van der Waals surface area contributed by atoms with Crippen molar-refractivity contribution in [2.45, 2.75) is 77.8 Å². The summed E-state index contributed by atoms with van der Waals surface area (Å²) >= 11 is 0. The Morgan fingerprint density at radius 3 is 2.70 bits per heavy atom. The topological polar surface area (TPSA) is 29.9 Å². The second-order valence-electron chi connectivity index (χ2n) is 6.56. The normalized spacial score (nSPS) is 19.8. The van der Waals surface area contributed by atoms with E-state index in [2.05, 4.69) is 23.7 Å². The van der Waals surface area contributed by atoms with Crippen LogP contribution in [0.1, 0.15) is 75.5 Å². The van der Waals surface area contributed by atoms with E-state index in [4.69, 9.17) is 4.98 Å². The zero-order valence-corrected chi connectivity index (χ0v) is 13.1. The molecule has 0 aromatic carbocycles. The van der Waals surface area contributed by atoms with Gasteiger partial charge in [-0.2, -0.15) is 0 Å². The molecule has 2 aliphatic rings. The van der Waals surface area contributed by atoms with Crippen LogP contribution >= 0.6 is 0 Å². The number of fused-ring (bicyclic) bond motifs is 1. The number of aromatic nitrogens is 2. The first-order chi connectivity index (χ1) is 9.83. The van der Waals surface area contributed by atoms with E-state index in [-0.39, 0.29) is 0 Å². The maximum Gasteiger partial charge on any atom is 0.112 e. The Hall–Kier alpha value is -0.830. The Morgan fingerprint density at radius 2 is 2.00 bits per heavy atom. The quantitative estimate of drug-likeness (QED) is 0.889. The van der Waals surface area contributed by atoms with Gasteiger partial charge in [-0.25, -0.2) is 4.98 Å². The third-order valence-corrected chi connectivity index (χ3v) is 5.33. The monoisotopic (exact) mass is 275 g/mol. The SMILES string of the molecule is CCC(CC)Cn1c(C2CCCC2)nc2c1CCNC2. The van der Waals surface area contributed by atoms with Crippen molar-refractivity contribution in [2.75, 3.05) is 6.54 Å². The first kappa shape index (κ1) is 14.1. The van der Waals surface area contributed by atoms with E-state index >= 15 is 0 Å². The highest BCUT2D eigenvalue weighted by Gasteiger charge is 2.27. The van der Waals surface area contributed by atoms with Crippen LogP contribution in [-0.4, -0.2) is 16.1 Å². The minimum atomic E-state index is 0.731. The van der Waals surface area contributed by atoms with E-state index in [0.29, 0.717) is 0 Å². The van der Waals surface area contributed by atoms with Crippen LogP contribution in [0.15, 0.2) is 0 Å². The average molecular weight is 275 g/mol. The molecule has 1 aliphatic heterocycles. The first-order valence-corrected chi connectivity index (χ1v) is 8.62. The van der Waals surface area contributed by atoms with Gasteiger partial charge in [0.2, 0.25) is 0 Å². The predicted molar refractivity (Wildman–Crippen MR) is 82.9 cm³/mol. The number of hydrogen-bond donors (Lipinski definition) is 1. The molecule has 1 fully saturated rings. The van der Waals surface area contributed by atoms with Gasteiger partial charge < -0.3 is 9.88 Å². The van der Waals surface area contributed by atoms with Gasteiger partial charge in [0, 0.05) is 37.7 Å². The Labute approximate surface area is 123 Å². The summed E-state index contributed by atoms with van der Waals surface area (Å²) in [4.78, 5) is 5.05. The second-order valence-corrected chi connectivity index (χ2v) is 6.56. The number of imidazole rings is 1. The molecule has 3 nitrogen and oxygen atoms in total. The number of nitrogens with zero attached hydrogens (tertiary/aromatic N) is 2. The molecule has 0 saturated heterocycles. The minimum absolute atomic E-state index is 0.731. The highest BCUT2D eigenvalue weighted by atomic mass is 15.1. The summed E-state index contributed by atoms with van der Waals surface area (Å²) in [6.45, 7) is 7.94. The standard InChI is InChI=1S/C17H29N3/c1-3-13(4-2)12-20-16-9-10-18-11-15(16)19-17(20)14-7-5-6-8-14/h13-14,18H,3-12H2,1-2H3. The van der Waals surface area contributed by atoms with Crippen LogP contribution in [-0.2, 0) is 19.5 Å². The fraction of sp³-hybridized carbons (Fsp3) is 0.824. The molecule has 0 radical (unpaired) electrons. The molecule has 3 rings (SSSR count). The number of nitrogens with one attached hydrogen (secondary N) is 1. The third kappa shape index (κ3) is 2.65. The van der Waals surface area contributed by atoms with Crippen LogP contribution in [0, 0.1) is 5.92 Å². The van der Waals surface area contributed by atoms with Crippen LogP contribution in [0.4, 0.5) is 0 Å². The molecule has 0 bridgehead atoms. The van der Waals surface area contributed by atoms with Gasteiger partial charge in [0.05, 0.1) is 5.69 Å². The Balaban J connectivity index is 1.92. The summed E-state index contributed by atoms with van der Waals surface area (Å²) in [7, 11) is 0. The zero-order chi connectivity index (χ0) is 13.9. The predicted octanol–water partition coefficient (Wildman–Crippen LogP) is 3.62. The highest BCUT2D eigenvalue weighted by Crippen LogP contribution is 2.35. The second kappa shape index (κ2) is 6.30. The van der Waals surface area contributed by atoms with E-state index in [0.717, 1.165) is 31.3 Å². The largest absolute Gasteiger partial charge is 0.331 e. The van der Waals surface area contributed by atoms with E-state index < -0.39 is 0 Å². The zero-order valence-electron chi connectivity index (χ0n) is 13.1. The number of rotatable bonds is 5. The molecule has 3 heteroatoms. The van der Waals surface area contributed by atoms with Crippen LogP contribution < -0.4 is 5.32 Å². The van der Waals surface area contributed by atoms with Crippen LogP contribution in [0.2, 0.25) is 0 Å². The van der Waals surface area contributed by atoms with Gasteiger partial charge in [-0.3, -0.25) is 0 Å². The lowest BCUT2D eigenvalue weighted by atomic mass is 10.0. The molecule has 112 valence electrons. The summed E-state index contributed by atoms with van der Waals surface area (Å²) in [6.07, 6.45) is 9.22. The summed E-state index contributed by atoms with van der Waals surface area (Å²) < 4.78 is 2.63.